The second-order valence-electron chi connectivity index (χ2n) is 5.13. The van der Waals surface area contributed by atoms with Gasteiger partial charge in [-0.05, 0) is 18.3 Å². The molecule has 102 valence electrons. The van der Waals surface area contributed by atoms with E-state index >= 15 is 0 Å². The van der Waals surface area contributed by atoms with E-state index in [-0.39, 0.29) is 11.8 Å². The Labute approximate surface area is 105 Å². The Kier molecular flexibility index (Phi) is 8.17. The van der Waals surface area contributed by atoms with Crippen molar-refractivity contribution in [2.24, 2.45) is 17.6 Å². The summed E-state index contributed by atoms with van der Waals surface area (Å²) in [4.78, 5) is 11.6. The summed E-state index contributed by atoms with van der Waals surface area (Å²) in [5.74, 6) is 0.486. The van der Waals surface area contributed by atoms with Gasteiger partial charge in [-0.15, -0.1) is 0 Å². The average Bonchev–Trinajstić information content (AvgIpc) is 2.26. The molecule has 0 aromatic rings. The molecule has 4 nitrogen and oxygen atoms in total. The lowest BCUT2D eigenvalue weighted by Crippen LogP contribution is -2.45. The zero-order valence-electron chi connectivity index (χ0n) is 11.6. The summed E-state index contributed by atoms with van der Waals surface area (Å²) in [6.07, 6.45) is 2.05. The van der Waals surface area contributed by atoms with Gasteiger partial charge >= 0.3 is 0 Å². The van der Waals surface area contributed by atoms with Crippen LogP contribution in [0.2, 0.25) is 0 Å². The van der Waals surface area contributed by atoms with E-state index in [0.717, 1.165) is 12.8 Å². The molecule has 0 aliphatic heterocycles. The first-order valence-corrected chi connectivity index (χ1v) is 6.63. The van der Waals surface area contributed by atoms with Gasteiger partial charge in [0, 0.05) is 6.54 Å². The van der Waals surface area contributed by atoms with Crippen molar-refractivity contribution in [1.29, 1.82) is 0 Å². The molecule has 0 aromatic heterocycles. The molecule has 0 aliphatic carbocycles. The summed E-state index contributed by atoms with van der Waals surface area (Å²) in [6, 6.07) is -0.469. The minimum absolute atomic E-state index is 0.163. The molecule has 2 atom stereocenters. The lowest BCUT2D eigenvalue weighted by molar-refractivity contribution is -0.123. The molecular formula is C13H28N2O2. The zero-order chi connectivity index (χ0) is 13.4. The summed E-state index contributed by atoms with van der Waals surface area (Å²) >= 11 is 0. The van der Waals surface area contributed by atoms with Crippen molar-refractivity contribution in [3.63, 3.8) is 0 Å². The van der Waals surface area contributed by atoms with Crippen LogP contribution in [0.15, 0.2) is 0 Å². The van der Waals surface area contributed by atoms with Crippen LogP contribution in [0, 0.1) is 11.8 Å². The zero-order valence-corrected chi connectivity index (χ0v) is 11.6. The molecule has 17 heavy (non-hydrogen) atoms. The standard InChI is InChI=1S/C13H28N2O2/c1-5-10(6-2)12(16)8-15-13(17)11(14)7-9(3)4/h9-12,16H,5-8,14H2,1-4H3,(H,15,17)/t11-,12?/m0/s1. The van der Waals surface area contributed by atoms with Gasteiger partial charge < -0.3 is 16.2 Å². The highest BCUT2D eigenvalue weighted by molar-refractivity contribution is 5.81. The number of aliphatic hydroxyl groups excluding tert-OH is 1. The van der Waals surface area contributed by atoms with E-state index in [4.69, 9.17) is 5.73 Å². The number of nitrogens with one attached hydrogen (secondary N) is 1. The lowest BCUT2D eigenvalue weighted by atomic mass is 9.96. The molecule has 0 radical (unpaired) electrons. The van der Waals surface area contributed by atoms with Crippen LogP contribution in [0.25, 0.3) is 0 Å². The smallest absolute Gasteiger partial charge is 0.237 e. The van der Waals surface area contributed by atoms with E-state index in [0.29, 0.717) is 18.9 Å². The van der Waals surface area contributed by atoms with Gasteiger partial charge in [-0.25, -0.2) is 0 Å². The third-order valence-corrected chi connectivity index (χ3v) is 3.14. The van der Waals surface area contributed by atoms with Gasteiger partial charge in [-0.3, -0.25) is 4.79 Å². The van der Waals surface area contributed by atoms with Crippen LogP contribution >= 0.6 is 0 Å². The van der Waals surface area contributed by atoms with Crippen LogP contribution in [0.5, 0.6) is 0 Å². The van der Waals surface area contributed by atoms with Crippen LogP contribution in [-0.2, 0) is 4.79 Å². The number of aliphatic hydroxyl groups is 1. The monoisotopic (exact) mass is 244 g/mol. The molecule has 0 heterocycles. The normalized spacial score (nSPS) is 15.1. The maximum absolute atomic E-state index is 11.6. The quantitative estimate of drug-likeness (QED) is 0.602. The Balaban J connectivity index is 3.98. The molecule has 4 heteroatoms. The van der Waals surface area contributed by atoms with Crippen LogP contribution < -0.4 is 11.1 Å². The number of hydrogen-bond acceptors (Lipinski definition) is 3. The third-order valence-electron chi connectivity index (χ3n) is 3.14. The maximum atomic E-state index is 11.6. The van der Waals surface area contributed by atoms with Gasteiger partial charge in [-0.2, -0.15) is 0 Å². The number of amides is 1. The van der Waals surface area contributed by atoms with E-state index in [2.05, 4.69) is 5.32 Å². The summed E-state index contributed by atoms with van der Waals surface area (Å²) in [6.45, 7) is 8.46. The van der Waals surface area contributed by atoms with E-state index in [1.54, 1.807) is 0 Å². The van der Waals surface area contributed by atoms with E-state index < -0.39 is 12.1 Å². The van der Waals surface area contributed by atoms with Gasteiger partial charge in [-0.1, -0.05) is 40.5 Å². The maximum Gasteiger partial charge on any atom is 0.237 e. The second kappa shape index (κ2) is 8.48. The Morgan fingerprint density at radius 2 is 1.82 bits per heavy atom. The molecule has 1 unspecified atom stereocenters. The predicted molar refractivity (Wildman–Crippen MR) is 70.5 cm³/mol. The number of carbonyl (C=O) groups is 1. The van der Waals surface area contributed by atoms with Crippen molar-refractivity contribution < 1.29 is 9.90 Å². The number of carbonyl (C=O) groups excluding carboxylic acids is 1. The Bertz CT molecular complexity index is 215. The van der Waals surface area contributed by atoms with Crippen LogP contribution in [0.3, 0.4) is 0 Å². The van der Waals surface area contributed by atoms with Crippen LogP contribution in [0.4, 0.5) is 0 Å². The van der Waals surface area contributed by atoms with Gasteiger partial charge in [0.15, 0.2) is 0 Å². The summed E-state index contributed by atoms with van der Waals surface area (Å²) < 4.78 is 0. The third kappa shape index (κ3) is 6.64. The fraction of sp³-hybridized carbons (Fsp3) is 0.923. The molecule has 1 amide bonds. The first kappa shape index (κ1) is 16.4. The molecule has 0 aliphatic rings. The molecule has 0 saturated heterocycles. The van der Waals surface area contributed by atoms with Crippen molar-refractivity contribution >= 4 is 5.91 Å². The topological polar surface area (TPSA) is 75.3 Å². The Morgan fingerprint density at radius 1 is 1.29 bits per heavy atom. The Morgan fingerprint density at radius 3 is 2.24 bits per heavy atom. The van der Waals surface area contributed by atoms with E-state index in [1.165, 1.54) is 0 Å². The first-order chi connectivity index (χ1) is 7.92. The number of rotatable bonds is 8. The highest BCUT2D eigenvalue weighted by Crippen LogP contribution is 2.12. The summed E-state index contributed by atoms with van der Waals surface area (Å²) in [5, 5.41) is 12.6. The molecule has 0 bridgehead atoms. The van der Waals surface area contributed by atoms with E-state index in [9.17, 15) is 9.90 Å². The van der Waals surface area contributed by atoms with Crippen molar-refractivity contribution in [3.8, 4) is 0 Å². The van der Waals surface area contributed by atoms with Crippen molar-refractivity contribution in [2.45, 2.75) is 59.1 Å². The molecule has 0 rings (SSSR count). The van der Waals surface area contributed by atoms with Crippen LogP contribution in [-0.4, -0.2) is 29.7 Å². The fourth-order valence-corrected chi connectivity index (χ4v) is 1.95. The van der Waals surface area contributed by atoms with Crippen LogP contribution in [0.1, 0.15) is 47.0 Å². The number of nitrogens with two attached hydrogens (primary N) is 1. The highest BCUT2D eigenvalue weighted by Gasteiger charge is 2.19. The fourth-order valence-electron chi connectivity index (χ4n) is 1.95. The van der Waals surface area contributed by atoms with Crippen molar-refractivity contribution in [1.82, 2.24) is 5.32 Å². The summed E-state index contributed by atoms with van der Waals surface area (Å²) in [5.41, 5.74) is 5.75. The molecule has 0 spiro atoms. The molecule has 0 aromatic carbocycles. The first-order valence-electron chi connectivity index (χ1n) is 6.63. The van der Waals surface area contributed by atoms with Gasteiger partial charge in [0.05, 0.1) is 12.1 Å². The predicted octanol–water partition coefficient (Wildman–Crippen LogP) is 1.27. The molecular weight excluding hydrogens is 216 g/mol. The SMILES string of the molecule is CCC(CC)C(O)CNC(=O)[C@@H](N)CC(C)C. The Hall–Kier alpha value is -0.610. The van der Waals surface area contributed by atoms with Crippen molar-refractivity contribution in [3.05, 3.63) is 0 Å². The number of hydrogen-bond donors (Lipinski definition) is 3. The molecule has 4 N–H and O–H groups in total. The van der Waals surface area contributed by atoms with Crippen molar-refractivity contribution in [2.75, 3.05) is 6.54 Å². The molecule has 0 fully saturated rings. The lowest BCUT2D eigenvalue weighted by Gasteiger charge is -2.21. The molecule has 0 saturated carbocycles. The van der Waals surface area contributed by atoms with Gasteiger partial charge in [0.1, 0.15) is 0 Å². The highest BCUT2D eigenvalue weighted by atomic mass is 16.3. The van der Waals surface area contributed by atoms with E-state index in [1.807, 2.05) is 27.7 Å². The minimum atomic E-state index is -0.472. The van der Waals surface area contributed by atoms with Gasteiger partial charge in [0.25, 0.3) is 0 Å². The minimum Gasteiger partial charge on any atom is -0.391 e. The van der Waals surface area contributed by atoms with Gasteiger partial charge in [0.2, 0.25) is 5.91 Å². The second-order valence-corrected chi connectivity index (χ2v) is 5.13. The average molecular weight is 244 g/mol. The summed E-state index contributed by atoms with van der Waals surface area (Å²) in [7, 11) is 0. The largest absolute Gasteiger partial charge is 0.391 e.